The summed E-state index contributed by atoms with van der Waals surface area (Å²) in [7, 11) is 0. The maximum Gasteiger partial charge on any atom is 0.336 e. The van der Waals surface area contributed by atoms with E-state index in [9.17, 15) is 9.59 Å². The molecular weight excluding hydrogens is 354 g/mol. The summed E-state index contributed by atoms with van der Waals surface area (Å²) < 4.78 is 11.2. The molecule has 3 aliphatic rings. The zero-order chi connectivity index (χ0) is 19.7. The van der Waals surface area contributed by atoms with Crippen LogP contribution < -0.4 is 5.32 Å². The number of rotatable bonds is 4. The number of esters is 1. The highest BCUT2D eigenvalue weighted by molar-refractivity contribution is 6.03. The predicted octanol–water partition coefficient (Wildman–Crippen LogP) is 3.69. The monoisotopic (exact) mass is 381 g/mol. The van der Waals surface area contributed by atoms with Crippen LogP contribution in [0.1, 0.15) is 56.1 Å². The minimum absolute atomic E-state index is 0.0229. The molecule has 1 aliphatic carbocycles. The van der Waals surface area contributed by atoms with E-state index in [-0.39, 0.29) is 30.4 Å². The van der Waals surface area contributed by atoms with Gasteiger partial charge in [0.15, 0.2) is 5.78 Å². The van der Waals surface area contributed by atoms with Gasteiger partial charge in [-0.05, 0) is 45.1 Å². The van der Waals surface area contributed by atoms with Crippen LogP contribution in [0.2, 0.25) is 0 Å². The van der Waals surface area contributed by atoms with Crippen molar-refractivity contribution >= 4 is 11.8 Å². The van der Waals surface area contributed by atoms with Crippen molar-refractivity contribution in [3.63, 3.8) is 0 Å². The van der Waals surface area contributed by atoms with E-state index in [0.29, 0.717) is 12.0 Å². The van der Waals surface area contributed by atoms with Gasteiger partial charge in [-0.15, -0.1) is 0 Å². The summed E-state index contributed by atoms with van der Waals surface area (Å²) in [6.07, 6.45) is 4.10. The Morgan fingerprint density at radius 1 is 1.18 bits per heavy atom. The number of carbonyl (C=O) groups is 2. The fourth-order valence-corrected chi connectivity index (χ4v) is 4.37. The van der Waals surface area contributed by atoms with Gasteiger partial charge in [0.25, 0.3) is 0 Å². The van der Waals surface area contributed by atoms with E-state index < -0.39 is 0 Å². The molecule has 0 aromatic heterocycles. The Morgan fingerprint density at radius 2 is 1.96 bits per heavy atom. The number of aryl methyl sites for hydroxylation is 1. The third-order valence-corrected chi connectivity index (χ3v) is 5.83. The zero-order valence-electron chi connectivity index (χ0n) is 16.5. The highest BCUT2D eigenvalue weighted by atomic mass is 16.6. The van der Waals surface area contributed by atoms with Gasteiger partial charge in [0.2, 0.25) is 0 Å². The Labute approximate surface area is 165 Å². The summed E-state index contributed by atoms with van der Waals surface area (Å²) in [5.74, 6) is -0.617. The average Bonchev–Trinajstić information content (AvgIpc) is 3.19. The second kappa shape index (κ2) is 7.92. The van der Waals surface area contributed by atoms with E-state index >= 15 is 0 Å². The summed E-state index contributed by atoms with van der Waals surface area (Å²) in [4.78, 5) is 25.9. The fourth-order valence-electron chi connectivity index (χ4n) is 4.37. The summed E-state index contributed by atoms with van der Waals surface area (Å²) in [6, 6.07) is 8.07. The Morgan fingerprint density at radius 3 is 2.68 bits per heavy atom. The van der Waals surface area contributed by atoms with E-state index in [1.165, 1.54) is 0 Å². The van der Waals surface area contributed by atoms with E-state index in [1.807, 2.05) is 38.1 Å². The average molecular weight is 381 g/mol. The number of nitrogens with one attached hydrogen (secondary N) is 1. The largest absolute Gasteiger partial charge is 0.459 e. The lowest BCUT2D eigenvalue weighted by Crippen LogP contribution is -2.35. The number of ether oxygens (including phenoxy) is 2. The smallest absolute Gasteiger partial charge is 0.336 e. The Balaban J connectivity index is 1.68. The number of hydrogen-bond acceptors (Lipinski definition) is 5. The molecule has 0 bridgehead atoms. The number of ketones is 1. The van der Waals surface area contributed by atoms with Crippen LogP contribution in [0.4, 0.5) is 0 Å². The molecule has 0 saturated carbocycles. The third-order valence-electron chi connectivity index (χ3n) is 5.83. The fraction of sp³-hybridized carbons (Fsp3) is 0.478. The van der Waals surface area contributed by atoms with Gasteiger partial charge in [0, 0.05) is 35.9 Å². The topological polar surface area (TPSA) is 64.6 Å². The van der Waals surface area contributed by atoms with Gasteiger partial charge in [-0.1, -0.05) is 29.8 Å². The van der Waals surface area contributed by atoms with Crippen LogP contribution >= 0.6 is 0 Å². The van der Waals surface area contributed by atoms with Gasteiger partial charge in [0.05, 0.1) is 11.7 Å². The SMILES string of the molecule is CC1=C(C(=O)OC[C@@H]2CCCO2)[C@H](c2ccc(C)cc2)C2=C(CCCC2=O)N1. The molecule has 0 amide bonds. The summed E-state index contributed by atoms with van der Waals surface area (Å²) in [5.41, 5.74) is 5.09. The van der Waals surface area contributed by atoms with Crippen LogP contribution in [0, 0.1) is 6.92 Å². The number of Topliss-reactive ketones (excluding diaryl/α,β-unsaturated/α-hetero) is 1. The molecule has 0 unspecified atom stereocenters. The van der Waals surface area contributed by atoms with Gasteiger partial charge in [-0.3, -0.25) is 4.79 Å². The summed E-state index contributed by atoms with van der Waals surface area (Å²) in [5, 5.41) is 3.33. The molecule has 2 aliphatic heterocycles. The highest BCUT2D eigenvalue weighted by Crippen LogP contribution is 2.42. The van der Waals surface area contributed by atoms with Crippen LogP contribution in [0.3, 0.4) is 0 Å². The van der Waals surface area contributed by atoms with Gasteiger partial charge in [-0.25, -0.2) is 4.79 Å². The van der Waals surface area contributed by atoms with E-state index in [1.54, 1.807) is 0 Å². The van der Waals surface area contributed by atoms with E-state index in [4.69, 9.17) is 9.47 Å². The lowest BCUT2D eigenvalue weighted by Gasteiger charge is -2.34. The highest BCUT2D eigenvalue weighted by Gasteiger charge is 2.39. The van der Waals surface area contributed by atoms with Crippen molar-refractivity contribution in [3.8, 4) is 0 Å². The molecule has 5 nitrogen and oxygen atoms in total. The van der Waals surface area contributed by atoms with Crippen LogP contribution in [0.15, 0.2) is 46.8 Å². The number of benzene rings is 1. The van der Waals surface area contributed by atoms with Crippen molar-refractivity contribution in [1.29, 1.82) is 0 Å². The molecule has 2 atom stereocenters. The molecule has 1 saturated heterocycles. The van der Waals surface area contributed by atoms with Crippen molar-refractivity contribution in [2.24, 2.45) is 0 Å². The van der Waals surface area contributed by atoms with Crippen molar-refractivity contribution in [3.05, 3.63) is 57.9 Å². The number of hydrogen-bond donors (Lipinski definition) is 1. The maximum atomic E-state index is 13.1. The molecule has 1 fully saturated rings. The van der Waals surface area contributed by atoms with Gasteiger partial charge in [0.1, 0.15) is 6.61 Å². The number of carbonyl (C=O) groups excluding carboxylic acids is 2. The summed E-state index contributed by atoms with van der Waals surface area (Å²) >= 11 is 0. The van der Waals surface area contributed by atoms with Crippen LogP contribution in [-0.4, -0.2) is 31.1 Å². The minimum Gasteiger partial charge on any atom is -0.459 e. The van der Waals surface area contributed by atoms with Crippen molar-refractivity contribution in [1.82, 2.24) is 5.32 Å². The second-order valence-electron chi connectivity index (χ2n) is 7.91. The molecule has 4 rings (SSSR count). The lowest BCUT2D eigenvalue weighted by atomic mass is 9.75. The standard InChI is InChI=1S/C23H27NO4/c1-14-8-10-16(11-9-14)21-20(23(26)28-13-17-5-4-12-27-17)15(2)24-18-6-3-7-19(25)22(18)21/h8-11,17,21,24H,3-7,12-13H2,1-2H3/t17-,21-/m0/s1. The van der Waals surface area contributed by atoms with E-state index in [2.05, 4.69) is 5.32 Å². The molecule has 0 spiro atoms. The molecule has 1 N–H and O–H groups in total. The second-order valence-corrected chi connectivity index (χ2v) is 7.91. The van der Waals surface area contributed by atoms with E-state index in [0.717, 1.165) is 60.4 Å². The Bertz CT molecular complexity index is 844. The maximum absolute atomic E-state index is 13.1. The number of dihydropyridines is 1. The van der Waals surface area contributed by atoms with Crippen molar-refractivity contribution < 1.29 is 19.1 Å². The Hall–Kier alpha value is -2.40. The van der Waals surface area contributed by atoms with Crippen molar-refractivity contribution in [2.75, 3.05) is 13.2 Å². The molecule has 1 aromatic carbocycles. The van der Waals surface area contributed by atoms with Gasteiger partial charge < -0.3 is 14.8 Å². The normalized spacial score (nSPS) is 24.9. The molecular formula is C23H27NO4. The first-order valence-electron chi connectivity index (χ1n) is 10.1. The molecule has 1 aromatic rings. The Kier molecular flexibility index (Phi) is 5.36. The van der Waals surface area contributed by atoms with Crippen LogP contribution in [-0.2, 0) is 19.1 Å². The van der Waals surface area contributed by atoms with Gasteiger partial charge in [-0.2, -0.15) is 0 Å². The number of allylic oxidation sites excluding steroid dienone is 3. The van der Waals surface area contributed by atoms with Crippen molar-refractivity contribution in [2.45, 2.75) is 58.0 Å². The predicted molar refractivity (Wildman–Crippen MR) is 106 cm³/mol. The van der Waals surface area contributed by atoms with Gasteiger partial charge >= 0.3 is 5.97 Å². The molecule has 148 valence electrons. The molecule has 28 heavy (non-hydrogen) atoms. The zero-order valence-corrected chi connectivity index (χ0v) is 16.5. The lowest BCUT2D eigenvalue weighted by molar-refractivity contribution is -0.142. The summed E-state index contributed by atoms with van der Waals surface area (Å²) in [6.45, 7) is 4.91. The molecule has 0 radical (unpaired) electrons. The first-order valence-corrected chi connectivity index (χ1v) is 10.1. The van der Waals surface area contributed by atoms with Crippen LogP contribution in [0.25, 0.3) is 0 Å². The first-order chi connectivity index (χ1) is 13.5. The quantitative estimate of drug-likeness (QED) is 0.806. The minimum atomic E-state index is -0.373. The van der Waals surface area contributed by atoms with Crippen LogP contribution in [0.5, 0.6) is 0 Å². The molecule has 5 heteroatoms. The molecule has 2 heterocycles. The third kappa shape index (κ3) is 3.63. The first kappa shape index (κ1) is 18.9.